The molecule has 0 aromatic rings. The van der Waals surface area contributed by atoms with Gasteiger partial charge in [-0.05, 0) is 60.2 Å². The van der Waals surface area contributed by atoms with Crippen molar-refractivity contribution >= 4 is 18.2 Å². The number of sulfone groups is 1. The standard InChI is InChI=1S/C18H32O3SSi/c1-14(2)9-8-10-15(3)13-17(21-23(5,6)7)18-16(4)11-12-22(18,19)20/h9,11,13,17-18H,8,10,12H2,1-7H3/b15-13-. The molecular weight excluding hydrogens is 324 g/mol. The van der Waals surface area contributed by atoms with Gasteiger partial charge in [0.1, 0.15) is 5.25 Å². The van der Waals surface area contributed by atoms with Gasteiger partial charge in [-0.15, -0.1) is 0 Å². The minimum Gasteiger partial charge on any atom is -0.410 e. The predicted octanol–water partition coefficient (Wildman–Crippen LogP) is 4.64. The van der Waals surface area contributed by atoms with Crippen LogP contribution in [0.5, 0.6) is 0 Å². The van der Waals surface area contributed by atoms with Crippen molar-refractivity contribution in [3.63, 3.8) is 0 Å². The molecule has 0 N–H and O–H groups in total. The highest BCUT2D eigenvalue weighted by molar-refractivity contribution is 7.92. The molecule has 2 unspecified atom stereocenters. The van der Waals surface area contributed by atoms with Gasteiger partial charge in [-0.25, -0.2) is 8.42 Å². The Balaban J connectivity index is 3.02. The van der Waals surface area contributed by atoms with Crippen molar-refractivity contribution in [2.45, 2.75) is 71.5 Å². The van der Waals surface area contributed by atoms with Crippen LogP contribution < -0.4 is 0 Å². The summed E-state index contributed by atoms with van der Waals surface area (Å²) in [4.78, 5) is 0. The first-order valence-electron chi connectivity index (χ1n) is 8.29. The van der Waals surface area contributed by atoms with E-state index in [1.165, 1.54) is 11.1 Å². The van der Waals surface area contributed by atoms with Crippen LogP contribution in [-0.4, -0.2) is 33.8 Å². The van der Waals surface area contributed by atoms with E-state index in [-0.39, 0.29) is 11.9 Å². The van der Waals surface area contributed by atoms with E-state index in [1.54, 1.807) is 0 Å². The quantitative estimate of drug-likeness (QED) is 0.493. The van der Waals surface area contributed by atoms with Gasteiger partial charge in [-0.2, -0.15) is 0 Å². The average molecular weight is 357 g/mol. The van der Waals surface area contributed by atoms with E-state index in [4.69, 9.17) is 4.43 Å². The lowest BCUT2D eigenvalue weighted by Crippen LogP contribution is -2.41. The lowest BCUT2D eigenvalue weighted by Gasteiger charge is -2.29. The van der Waals surface area contributed by atoms with Crippen molar-refractivity contribution < 1.29 is 12.8 Å². The molecule has 0 aromatic heterocycles. The predicted molar refractivity (Wildman–Crippen MR) is 102 cm³/mol. The number of hydrogen-bond acceptors (Lipinski definition) is 3. The van der Waals surface area contributed by atoms with E-state index in [0.717, 1.165) is 18.4 Å². The fourth-order valence-electron chi connectivity index (χ4n) is 2.76. The monoisotopic (exact) mass is 356 g/mol. The molecule has 1 aliphatic rings. The number of rotatable bonds is 7. The Bertz CT molecular complexity index is 603. The fraction of sp³-hybridized carbons (Fsp3) is 0.667. The van der Waals surface area contributed by atoms with Crippen molar-refractivity contribution in [1.82, 2.24) is 0 Å². The highest BCUT2D eigenvalue weighted by atomic mass is 32.2. The van der Waals surface area contributed by atoms with E-state index >= 15 is 0 Å². The first kappa shape index (κ1) is 20.4. The van der Waals surface area contributed by atoms with Gasteiger partial charge in [0, 0.05) is 0 Å². The van der Waals surface area contributed by atoms with Crippen molar-refractivity contribution in [2.24, 2.45) is 0 Å². The van der Waals surface area contributed by atoms with Gasteiger partial charge in [-0.1, -0.05) is 34.9 Å². The molecule has 0 amide bonds. The lowest BCUT2D eigenvalue weighted by atomic mass is 10.0. The maximum Gasteiger partial charge on any atom is 0.184 e. The van der Waals surface area contributed by atoms with E-state index in [9.17, 15) is 8.42 Å². The van der Waals surface area contributed by atoms with Crippen LogP contribution in [0.1, 0.15) is 40.5 Å². The van der Waals surface area contributed by atoms with Crippen LogP contribution in [-0.2, 0) is 14.3 Å². The lowest BCUT2D eigenvalue weighted by molar-refractivity contribution is 0.243. The second kappa shape index (κ2) is 7.95. The SMILES string of the molecule is CC(C)=CCC/C(C)=C\C(O[Si](C)(C)C)C1C(C)=CCS1(=O)=O. The van der Waals surface area contributed by atoms with Crippen molar-refractivity contribution in [2.75, 3.05) is 5.75 Å². The minimum absolute atomic E-state index is 0.139. The Kier molecular flexibility index (Phi) is 7.05. The zero-order chi connectivity index (χ0) is 17.8. The first-order valence-corrected chi connectivity index (χ1v) is 13.4. The van der Waals surface area contributed by atoms with Crippen molar-refractivity contribution in [3.8, 4) is 0 Å². The van der Waals surface area contributed by atoms with E-state index in [1.807, 2.05) is 19.1 Å². The minimum atomic E-state index is -3.14. The number of hydrogen-bond donors (Lipinski definition) is 0. The van der Waals surface area contributed by atoms with E-state index < -0.39 is 23.4 Å². The topological polar surface area (TPSA) is 43.4 Å². The largest absolute Gasteiger partial charge is 0.410 e. The summed E-state index contributed by atoms with van der Waals surface area (Å²) in [5.41, 5.74) is 3.42. The Morgan fingerprint density at radius 3 is 2.39 bits per heavy atom. The molecule has 1 aliphatic heterocycles. The van der Waals surface area contributed by atoms with Gasteiger partial charge in [-0.3, -0.25) is 0 Å². The molecule has 0 saturated heterocycles. The smallest absolute Gasteiger partial charge is 0.184 e. The van der Waals surface area contributed by atoms with Crippen LogP contribution in [0.25, 0.3) is 0 Å². The van der Waals surface area contributed by atoms with Crippen LogP contribution in [0.15, 0.2) is 34.9 Å². The maximum atomic E-state index is 12.4. The van der Waals surface area contributed by atoms with E-state index in [0.29, 0.717) is 0 Å². The molecule has 0 spiro atoms. The average Bonchev–Trinajstić information content (AvgIpc) is 2.60. The molecular formula is C18H32O3SSi. The summed E-state index contributed by atoms with van der Waals surface area (Å²) < 4.78 is 31.1. The summed E-state index contributed by atoms with van der Waals surface area (Å²) in [6, 6.07) is 0. The Morgan fingerprint density at radius 1 is 1.35 bits per heavy atom. The first-order chi connectivity index (χ1) is 10.4. The second-order valence-electron chi connectivity index (χ2n) is 7.73. The van der Waals surface area contributed by atoms with Crippen LogP contribution in [0, 0.1) is 0 Å². The molecule has 5 heteroatoms. The molecule has 23 heavy (non-hydrogen) atoms. The summed E-state index contributed by atoms with van der Waals surface area (Å²) in [5, 5.41) is -0.521. The molecule has 0 bridgehead atoms. The molecule has 0 radical (unpaired) electrons. The number of allylic oxidation sites excluding steroid dienone is 3. The van der Waals surface area contributed by atoms with Crippen LogP contribution in [0.4, 0.5) is 0 Å². The molecule has 0 fully saturated rings. The van der Waals surface area contributed by atoms with Gasteiger partial charge in [0.25, 0.3) is 0 Å². The zero-order valence-corrected chi connectivity index (χ0v) is 17.5. The molecule has 1 rings (SSSR count). The summed E-state index contributed by atoms with van der Waals surface area (Å²) in [6.45, 7) is 14.5. The summed E-state index contributed by atoms with van der Waals surface area (Å²) in [7, 11) is -4.98. The van der Waals surface area contributed by atoms with Crippen molar-refractivity contribution in [3.05, 3.63) is 34.9 Å². The highest BCUT2D eigenvalue weighted by Gasteiger charge is 2.39. The summed E-state index contributed by atoms with van der Waals surface area (Å²) in [5.74, 6) is 0.139. The normalized spacial score (nSPS) is 22.7. The Labute approximate surface area is 143 Å². The third-order valence-electron chi connectivity index (χ3n) is 3.80. The Morgan fingerprint density at radius 2 is 1.96 bits per heavy atom. The van der Waals surface area contributed by atoms with Crippen LogP contribution in [0.3, 0.4) is 0 Å². The molecule has 0 saturated carbocycles. The van der Waals surface area contributed by atoms with Gasteiger partial charge in [0.15, 0.2) is 18.2 Å². The van der Waals surface area contributed by atoms with Crippen molar-refractivity contribution in [1.29, 1.82) is 0 Å². The van der Waals surface area contributed by atoms with Crippen LogP contribution in [0.2, 0.25) is 19.6 Å². The molecule has 1 heterocycles. The van der Waals surface area contributed by atoms with Gasteiger partial charge >= 0.3 is 0 Å². The van der Waals surface area contributed by atoms with Gasteiger partial charge in [0.2, 0.25) is 0 Å². The zero-order valence-electron chi connectivity index (χ0n) is 15.6. The van der Waals surface area contributed by atoms with Gasteiger partial charge in [0.05, 0.1) is 11.9 Å². The molecule has 3 nitrogen and oxygen atoms in total. The molecule has 2 atom stereocenters. The van der Waals surface area contributed by atoms with Crippen LogP contribution >= 0.6 is 0 Å². The fourth-order valence-corrected chi connectivity index (χ4v) is 5.79. The van der Waals surface area contributed by atoms with Gasteiger partial charge < -0.3 is 4.43 Å². The maximum absolute atomic E-state index is 12.4. The molecule has 132 valence electrons. The van der Waals surface area contributed by atoms with E-state index in [2.05, 4.69) is 46.5 Å². The second-order valence-corrected chi connectivity index (χ2v) is 14.4. The molecule has 0 aromatic carbocycles. The summed E-state index contributed by atoms with van der Waals surface area (Å²) in [6.07, 6.45) is 7.64. The summed E-state index contributed by atoms with van der Waals surface area (Å²) >= 11 is 0. The highest BCUT2D eigenvalue weighted by Crippen LogP contribution is 2.29. The third kappa shape index (κ3) is 6.77. The Hall–Kier alpha value is -0.653. The third-order valence-corrected chi connectivity index (χ3v) is 6.83. The molecule has 0 aliphatic carbocycles.